The first-order valence-corrected chi connectivity index (χ1v) is 12.2. The summed E-state index contributed by atoms with van der Waals surface area (Å²) in [5.74, 6) is -0.0956. The molecule has 4 rings (SSSR count). The molecule has 1 aliphatic carbocycles. The number of benzene rings is 3. The van der Waals surface area contributed by atoms with Crippen LogP contribution in [0.4, 0.5) is 4.79 Å². The standard InChI is InChI=1S/C29H30N2O7/c1-18(28(33)37-15-19-12-13-20(14-26(19)35-3)36-17-27(32)30-2)31-29(34)38-16-25-23-10-6-4-8-21(23)22-9-5-7-11-24(22)25/h4-14,18,25H,15-17H2,1-3H3,(H,30,32)(H,31,34)/t18-/m1/s1. The van der Waals surface area contributed by atoms with E-state index >= 15 is 0 Å². The topological polar surface area (TPSA) is 112 Å². The van der Waals surface area contributed by atoms with E-state index < -0.39 is 18.1 Å². The molecule has 2 N–H and O–H groups in total. The number of hydrogen-bond donors (Lipinski definition) is 2. The molecule has 1 atom stereocenters. The summed E-state index contributed by atoms with van der Waals surface area (Å²) in [5, 5.41) is 5.00. The molecular weight excluding hydrogens is 488 g/mol. The van der Waals surface area contributed by atoms with Crippen molar-refractivity contribution < 1.29 is 33.3 Å². The van der Waals surface area contributed by atoms with Crippen molar-refractivity contribution in [2.24, 2.45) is 0 Å². The Morgan fingerprint density at radius 3 is 2.21 bits per heavy atom. The van der Waals surface area contributed by atoms with Crippen LogP contribution in [0.25, 0.3) is 11.1 Å². The highest BCUT2D eigenvalue weighted by molar-refractivity contribution is 5.81. The van der Waals surface area contributed by atoms with E-state index in [0.29, 0.717) is 17.1 Å². The normalized spacial score (nSPS) is 12.5. The molecule has 0 saturated heterocycles. The van der Waals surface area contributed by atoms with Crippen molar-refractivity contribution in [1.29, 1.82) is 0 Å². The Hall–Kier alpha value is -4.53. The van der Waals surface area contributed by atoms with E-state index in [0.717, 1.165) is 22.3 Å². The van der Waals surface area contributed by atoms with Gasteiger partial charge in [-0.05, 0) is 41.3 Å². The second kappa shape index (κ2) is 12.1. The summed E-state index contributed by atoms with van der Waals surface area (Å²) in [6.07, 6.45) is -0.702. The molecule has 3 aromatic carbocycles. The summed E-state index contributed by atoms with van der Waals surface area (Å²) < 4.78 is 21.6. The number of rotatable bonds is 10. The Balaban J connectivity index is 1.28. The number of likely N-dealkylation sites (N-methyl/N-ethyl adjacent to an activating group) is 1. The fourth-order valence-corrected chi connectivity index (χ4v) is 4.30. The molecule has 2 amide bonds. The first kappa shape index (κ1) is 26.5. The number of methoxy groups -OCH3 is 1. The molecular formula is C29H30N2O7. The van der Waals surface area contributed by atoms with Crippen molar-refractivity contribution in [2.45, 2.75) is 25.5 Å². The summed E-state index contributed by atoms with van der Waals surface area (Å²) in [5.41, 5.74) is 5.08. The lowest BCUT2D eigenvalue weighted by Gasteiger charge is -2.17. The van der Waals surface area contributed by atoms with Gasteiger partial charge in [0.2, 0.25) is 0 Å². The third kappa shape index (κ3) is 6.05. The number of carbonyl (C=O) groups excluding carboxylic acids is 3. The molecule has 1 aliphatic rings. The lowest BCUT2D eigenvalue weighted by Crippen LogP contribution is -2.40. The molecule has 0 bridgehead atoms. The first-order valence-electron chi connectivity index (χ1n) is 12.2. The second-order valence-electron chi connectivity index (χ2n) is 8.73. The van der Waals surface area contributed by atoms with Gasteiger partial charge in [0.15, 0.2) is 6.61 Å². The Morgan fingerprint density at radius 1 is 0.921 bits per heavy atom. The summed E-state index contributed by atoms with van der Waals surface area (Å²) in [7, 11) is 3.00. The van der Waals surface area contributed by atoms with Crippen molar-refractivity contribution in [3.8, 4) is 22.6 Å². The van der Waals surface area contributed by atoms with E-state index in [4.69, 9.17) is 18.9 Å². The van der Waals surface area contributed by atoms with Crippen molar-refractivity contribution >= 4 is 18.0 Å². The zero-order chi connectivity index (χ0) is 27.1. The maximum absolute atomic E-state index is 12.5. The van der Waals surface area contributed by atoms with Crippen molar-refractivity contribution in [3.05, 3.63) is 83.4 Å². The van der Waals surface area contributed by atoms with Gasteiger partial charge in [0.25, 0.3) is 5.91 Å². The van der Waals surface area contributed by atoms with Crippen LogP contribution in [-0.2, 0) is 25.7 Å². The third-order valence-corrected chi connectivity index (χ3v) is 6.31. The van der Waals surface area contributed by atoms with E-state index in [9.17, 15) is 14.4 Å². The van der Waals surface area contributed by atoms with Crippen LogP contribution in [0, 0.1) is 0 Å². The summed E-state index contributed by atoms with van der Waals surface area (Å²) >= 11 is 0. The van der Waals surface area contributed by atoms with E-state index in [1.807, 2.05) is 36.4 Å². The Bertz CT molecular complexity index is 1280. The minimum atomic E-state index is -0.924. The molecule has 38 heavy (non-hydrogen) atoms. The van der Waals surface area contributed by atoms with Crippen LogP contribution in [0.5, 0.6) is 11.5 Å². The average Bonchev–Trinajstić information content (AvgIpc) is 3.27. The van der Waals surface area contributed by atoms with Gasteiger partial charge in [-0.15, -0.1) is 0 Å². The second-order valence-corrected chi connectivity index (χ2v) is 8.73. The molecule has 198 valence electrons. The van der Waals surface area contributed by atoms with Gasteiger partial charge in [-0.2, -0.15) is 0 Å². The van der Waals surface area contributed by atoms with Crippen LogP contribution in [0.1, 0.15) is 29.5 Å². The number of esters is 1. The van der Waals surface area contributed by atoms with Crippen LogP contribution in [-0.4, -0.2) is 51.4 Å². The fourth-order valence-electron chi connectivity index (χ4n) is 4.30. The molecule has 9 nitrogen and oxygen atoms in total. The molecule has 0 aromatic heterocycles. The maximum atomic E-state index is 12.5. The van der Waals surface area contributed by atoms with E-state index in [2.05, 4.69) is 22.8 Å². The van der Waals surface area contributed by atoms with Crippen LogP contribution in [0.15, 0.2) is 66.7 Å². The highest BCUT2D eigenvalue weighted by Crippen LogP contribution is 2.44. The lowest BCUT2D eigenvalue weighted by atomic mass is 9.98. The zero-order valence-electron chi connectivity index (χ0n) is 21.5. The SMILES string of the molecule is CNC(=O)COc1ccc(COC(=O)[C@@H](C)NC(=O)OCC2c3ccccc3-c3ccccc32)c(OC)c1. The van der Waals surface area contributed by atoms with Gasteiger partial charge in [-0.1, -0.05) is 48.5 Å². The monoisotopic (exact) mass is 518 g/mol. The zero-order valence-corrected chi connectivity index (χ0v) is 21.5. The van der Waals surface area contributed by atoms with Crippen LogP contribution in [0.2, 0.25) is 0 Å². The van der Waals surface area contributed by atoms with Gasteiger partial charge in [0, 0.05) is 24.6 Å². The predicted molar refractivity (Wildman–Crippen MR) is 140 cm³/mol. The molecule has 0 heterocycles. The van der Waals surface area contributed by atoms with Crippen molar-refractivity contribution in [1.82, 2.24) is 10.6 Å². The molecule has 3 aromatic rings. The number of amides is 2. The average molecular weight is 519 g/mol. The largest absolute Gasteiger partial charge is 0.496 e. The van der Waals surface area contributed by atoms with Gasteiger partial charge < -0.3 is 29.6 Å². The number of carbonyl (C=O) groups is 3. The Morgan fingerprint density at radius 2 is 1.58 bits per heavy atom. The van der Waals surface area contributed by atoms with Crippen molar-refractivity contribution in [3.63, 3.8) is 0 Å². The van der Waals surface area contributed by atoms with Crippen LogP contribution < -0.4 is 20.1 Å². The van der Waals surface area contributed by atoms with Gasteiger partial charge in [0.1, 0.15) is 30.8 Å². The smallest absolute Gasteiger partial charge is 0.407 e. The van der Waals surface area contributed by atoms with Gasteiger partial charge in [-0.3, -0.25) is 4.79 Å². The summed E-state index contributed by atoms with van der Waals surface area (Å²) in [6, 6.07) is 20.1. The Labute approximate surface area is 221 Å². The first-order chi connectivity index (χ1) is 18.4. The molecule has 0 unspecified atom stereocenters. The van der Waals surface area contributed by atoms with Gasteiger partial charge in [-0.25, -0.2) is 9.59 Å². The molecule has 0 aliphatic heterocycles. The number of ether oxygens (including phenoxy) is 4. The minimum absolute atomic E-state index is 0.0750. The lowest BCUT2D eigenvalue weighted by molar-refractivity contribution is -0.146. The molecule has 9 heteroatoms. The van der Waals surface area contributed by atoms with Gasteiger partial charge >= 0.3 is 12.1 Å². The van der Waals surface area contributed by atoms with Crippen LogP contribution >= 0.6 is 0 Å². The number of hydrogen-bond acceptors (Lipinski definition) is 7. The number of nitrogens with one attached hydrogen (secondary N) is 2. The number of fused-ring (bicyclic) bond motifs is 3. The van der Waals surface area contributed by atoms with E-state index in [1.54, 1.807) is 18.2 Å². The molecule has 0 saturated carbocycles. The van der Waals surface area contributed by atoms with Crippen molar-refractivity contribution in [2.75, 3.05) is 27.4 Å². The van der Waals surface area contributed by atoms with Gasteiger partial charge in [0.05, 0.1) is 7.11 Å². The maximum Gasteiger partial charge on any atom is 0.407 e. The highest BCUT2D eigenvalue weighted by Gasteiger charge is 2.29. The quantitative estimate of drug-likeness (QED) is 0.393. The number of alkyl carbamates (subject to hydrolysis) is 1. The summed E-state index contributed by atoms with van der Waals surface area (Å²) in [4.78, 5) is 36.4. The predicted octanol–water partition coefficient (Wildman–Crippen LogP) is 3.79. The van der Waals surface area contributed by atoms with E-state index in [1.165, 1.54) is 21.1 Å². The molecule has 0 spiro atoms. The third-order valence-electron chi connectivity index (χ3n) is 6.31. The minimum Gasteiger partial charge on any atom is -0.496 e. The highest BCUT2D eigenvalue weighted by atomic mass is 16.6. The fraction of sp³-hybridized carbons (Fsp3) is 0.276. The summed E-state index contributed by atoms with van der Waals surface area (Å²) in [6.45, 7) is 1.46. The Kier molecular flexibility index (Phi) is 8.47. The molecule has 0 fully saturated rings. The van der Waals surface area contributed by atoms with Crippen LogP contribution in [0.3, 0.4) is 0 Å². The van der Waals surface area contributed by atoms with E-state index in [-0.39, 0.29) is 31.6 Å². The molecule has 0 radical (unpaired) electrons.